The minimum absolute atomic E-state index is 0.266. The molecule has 2 unspecified atom stereocenters. The number of methoxy groups -OCH3 is 1. The third-order valence-corrected chi connectivity index (χ3v) is 5.88. The average molecular weight is 337 g/mol. The average Bonchev–Trinajstić information content (AvgIpc) is 3.02. The molecule has 2 aliphatic heterocycles. The number of amides is 1. The fraction of sp³-hybridized carbons (Fsp3) is 0.381. The number of rotatable bonds is 3. The normalized spacial score (nSPS) is 25.5. The monoisotopic (exact) mass is 337 g/mol. The van der Waals surface area contributed by atoms with Crippen molar-refractivity contribution in [1.29, 1.82) is 0 Å². The lowest BCUT2D eigenvalue weighted by atomic mass is 9.72. The molecule has 2 heterocycles. The number of carbonyl (C=O) groups is 1. The second-order valence-corrected chi connectivity index (χ2v) is 6.78. The highest BCUT2D eigenvalue weighted by molar-refractivity contribution is 5.80. The Kier molecular flexibility index (Phi) is 3.36. The van der Waals surface area contributed by atoms with E-state index in [-0.39, 0.29) is 6.09 Å². The second-order valence-electron chi connectivity index (χ2n) is 6.78. The Labute approximate surface area is 148 Å². The third-order valence-electron chi connectivity index (χ3n) is 5.88. The minimum Gasteiger partial charge on any atom is -0.497 e. The van der Waals surface area contributed by atoms with Crippen LogP contribution in [0.1, 0.15) is 49.4 Å². The van der Waals surface area contributed by atoms with E-state index in [0.717, 1.165) is 17.7 Å². The van der Waals surface area contributed by atoms with Crippen LogP contribution in [-0.2, 0) is 15.8 Å². The number of fused-ring (bicyclic) bond motifs is 8. The van der Waals surface area contributed by atoms with Gasteiger partial charge in [-0.15, -0.1) is 0 Å². The molecule has 0 aromatic heterocycles. The van der Waals surface area contributed by atoms with Crippen LogP contribution in [0.15, 0.2) is 42.5 Å². The summed E-state index contributed by atoms with van der Waals surface area (Å²) in [5, 5.41) is 0. The van der Waals surface area contributed by atoms with Crippen molar-refractivity contribution in [3.63, 3.8) is 0 Å². The highest BCUT2D eigenvalue weighted by Gasteiger charge is 2.66. The third kappa shape index (κ3) is 1.69. The predicted molar refractivity (Wildman–Crippen MR) is 95.8 cm³/mol. The zero-order valence-corrected chi connectivity index (χ0v) is 15.1. The number of benzene rings is 2. The topological polar surface area (TPSA) is 38.8 Å². The van der Waals surface area contributed by atoms with Crippen molar-refractivity contribution in [2.24, 2.45) is 0 Å². The minimum atomic E-state index is -0.553. The fourth-order valence-corrected chi connectivity index (χ4v) is 4.90. The van der Waals surface area contributed by atoms with Gasteiger partial charge in [0.15, 0.2) is 0 Å². The SMILES string of the molecule is CCOC(=O)N1C2(C)c3ccccc3C1(CC)c1ccc(OC)cc12. The molecular weight excluding hydrogens is 314 g/mol. The van der Waals surface area contributed by atoms with Gasteiger partial charge < -0.3 is 9.47 Å². The molecule has 2 atom stereocenters. The summed E-state index contributed by atoms with van der Waals surface area (Å²) in [6.45, 7) is 6.46. The molecule has 4 heteroatoms. The van der Waals surface area contributed by atoms with Gasteiger partial charge in [-0.2, -0.15) is 0 Å². The van der Waals surface area contributed by atoms with Crippen molar-refractivity contribution >= 4 is 6.09 Å². The maximum absolute atomic E-state index is 13.0. The number of hydrogen-bond acceptors (Lipinski definition) is 3. The van der Waals surface area contributed by atoms with Crippen LogP contribution in [0.25, 0.3) is 0 Å². The number of carbonyl (C=O) groups excluding carboxylic acids is 1. The van der Waals surface area contributed by atoms with E-state index in [1.165, 1.54) is 16.7 Å². The molecule has 2 aromatic carbocycles. The van der Waals surface area contributed by atoms with Gasteiger partial charge in [-0.3, -0.25) is 4.90 Å². The van der Waals surface area contributed by atoms with Crippen molar-refractivity contribution in [3.05, 3.63) is 64.7 Å². The van der Waals surface area contributed by atoms with E-state index in [2.05, 4.69) is 38.1 Å². The smallest absolute Gasteiger partial charge is 0.411 e. The Morgan fingerprint density at radius 3 is 2.36 bits per heavy atom. The molecule has 4 rings (SSSR count). The van der Waals surface area contributed by atoms with E-state index in [1.807, 2.05) is 30.0 Å². The predicted octanol–water partition coefficient (Wildman–Crippen LogP) is 4.40. The van der Waals surface area contributed by atoms with Crippen molar-refractivity contribution in [2.75, 3.05) is 13.7 Å². The molecule has 0 radical (unpaired) electrons. The number of nitrogens with zero attached hydrogens (tertiary/aromatic N) is 1. The highest BCUT2D eigenvalue weighted by Crippen LogP contribution is 2.64. The first kappa shape index (κ1) is 16.0. The molecule has 0 aliphatic carbocycles. The summed E-state index contributed by atoms with van der Waals surface area (Å²) >= 11 is 0. The molecule has 4 nitrogen and oxygen atoms in total. The van der Waals surface area contributed by atoms with E-state index in [9.17, 15) is 4.79 Å². The summed E-state index contributed by atoms with van der Waals surface area (Å²) in [6.07, 6.45) is 0.524. The summed E-state index contributed by atoms with van der Waals surface area (Å²) in [4.78, 5) is 15.0. The van der Waals surface area contributed by atoms with Crippen LogP contribution in [0.2, 0.25) is 0 Å². The molecule has 2 bridgehead atoms. The van der Waals surface area contributed by atoms with Gasteiger partial charge in [0.2, 0.25) is 0 Å². The van der Waals surface area contributed by atoms with Gasteiger partial charge in [-0.25, -0.2) is 4.79 Å². The van der Waals surface area contributed by atoms with Gasteiger partial charge in [0.25, 0.3) is 0 Å². The summed E-state index contributed by atoms with van der Waals surface area (Å²) in [5.41, 5.74) is 3.63. The van der Waals surface area contributed by atoms with Crippen molar-refractivity contribution in [2.45, 2.75) is 38.3 Å². The molecule has 2 aliphatic rings. The Balaban J connectivity index is 2.06. The molecule has 0 spiro atoms. The van der Waals surface area contributed by atoms with E-state index in [1.54, 1.807) is 7.11 Å². The molecule has 0 fully saturated rings. The van der Waals surface area contributed by atoms with Crippen molar-refractivity contribution in [3.8, 4) is 5.75 Å². The first-order valence-corrected chi connectivity index (χ1v) is 8.81. The van der Waals surface area contributed by atoms with Gasteiger partial charge in [0, 0.05) is 0 Å². The lowest BCUT2D eigenvalue weighted by Gasteiger charge is -2.37. The number of hydrogen-bond donors (Lipinski definition) is 0. The van der Waals surface area contributed by atoms with Crippen LogP contribution in [0, 0.1) is 0 Å². The van der Waals surface area contributed by atoms with Crippen LogP contribution in [-0.4, -0.2) is 24.7 Å². The van der Waals surface area contributed by atoms with Crippen molar-refractivity contribution in [1.82, 2.24) is 4.90 Å². The largest absolute Gasteiger partial charge is 0.497 e. The molecule has 2 aromatic rings. The molecule has 0 N–H and O–H groups in total. The van der Waals surface area contributed by atoms with Gasteiger partial charge in [0.1, 0.15) is 5.75 Å². The van der Waals surface area contributed by atoms with Gasteiger partial charge >= 0.3 is 6.09 Å². The van der Waals surface area contributed by atoms with Gasteiger partial charge in [-0.1, -0.05) is 37.3 Å². The summed E-state index contributed by atoms with van der Waals surface area (Å²) in [6, 6.07) is 14.5. The Morgan fingerprint density at radius 2 is 1.72 bits per heavy atom. The molecule has 0 saturated heterocycles. The maximum atomic E-state index is 13.0. The first-order chi connectivity index (χ1) is 12.1. The molecule has 1 amide bonds. The van der Waals surface area contributed by atoms with Crippen LogP contribution in [0.5, 0.6) is 5.75 Å². The van der Waals surface area contributed by atoms with E-state index < -0.39 is 11.1 Å². The molecule has 130 valence electrons. The Hall–Kier alpha value is -2.49. The summed E-state index contributed by atoms with van der Waals surface area (Å²) in [5.74, 6) is 0.806. The first-order valence-electron chi connectivity index (χ1n) is 8.81. The van der Waals surface area contributed by atoms with Crippen LogP contribution >= 0.6 is 0 Å². The Bertz CT molecular complexity index is 862. The van der Waals surface area contributed by atoms with Crippen LogP contribution in [0.4, 0.5) is 4.79 Å². The summed E-state index contributed by atoms with van der Waals surface area (Å²) < 4.78 is 10.9. The standard InChI is InChI=1S/C21H23NO3/c1-5-21-16-10-8-7-9-15(16)20(3,22(21)19(23)25-6-2)18-13-14(24-4)11-12-17(18)21/h7-13H,5-6H2,1-4H3. The zero-order chi connectivity index (χ0) is 17.8. The zero-order valence-electron chi connectivity index (χ0n) is 15.1. The quantitative estimate of drug-likeness (QED) is 0.833. The second kappa shape index (κ2) is 5.25. The lowest BCUT2D eigenvalue weighted by molar-refractivity contribution is 0.0462. The van der Waals surface area contributed by atoms with Gasteiger partial charge in [0.05, 0.1) is 24.8 Å². The van der Waals surface area contributed by atoms with Crippen molar-refractivity contribution < 1.29 is 14.3 Å². The van der Waals surface area contributed by atoms with E-state index >= 15 is 0 Å². The molecule has 25 heavy (non-hydrogen) atoms. The summed E-state index contributed by atoms with van der Waals surface area (Å²) in [7, 11) is 1.67. The Morgan fingerprint density at radius 1 is 1.04 bits per heavy atom. The molecule has 0 saturated carbocycles. The fourth-order valence-electron chi connectivity index (χ4n) is 4.90. The van der Waals surface area contributed by atoms with Crippen LogP contribution < -0.4 is 4.74 Å². The van der Waals surface area contributed by atoms with Gasteiger partial charge in [-0.05, 0) is 54.7 Å². The highest BCUT2D eigenvalue weighted by atomic mass is 16.6. The lowest BCUT2D eigenvalue weighted by Crippen LogP contribution is -2.48. The maximum Gasteiger partial charge on any atom is 0.411 e. The van der Waals surface area contributed by atoms with E-state index in [0.29, 0.717) is 6.61 Å². The molecular formula is C21H23NO3. The van der Waals surface area contributed by atoms with Crippen LogP contribution in [0.3, 0.4) is 0 Å². The number of ether oxygens (including phenoxy) is 2. The van der Waals surface area contributed by atoms with E-state index in [4.69, 9.17) is 9.47 Å².